The Hall–Kier alpha value is -1.20. The topological polar surface area (TPSA) is 17.1 Å². The van der Waals surface area contributed by atoms with Gasteiger partial charge >= 0.3 is 0 Å². The first-order valence-corrected chi connectivity index (χ1v) is 5.39. The van der Waals surface area contributed by atoms with Crippen LogP contribution in [0.4, 0.5) is 0 Å². The van der Waals surface area contributed by atoms with Crippen molar-refractivity contribution in [2.24, 2.45) is 0 Å². The highest BCUT2D eigenvalue weighted by atomic mass is 32.2. The number of thioether (sulfide) groups is 1. The number of terminal acetylenes is 1. The van der Waals surface area contributed by atoms with Crippen molar-refractivity contribution in [3.05, 3.63) is 35.9 Å². The molecule has 1 aromatic carbocycles. The van der Waals surface area contributed by atoms with Crippen LogP contribution in [0.5, 0.6) is 0 Å². The molecule has 0 aliphatic carbocycles. The second-order valence-electron chi connectivity index (χ2n) is 2.94. The summed E-state index contributed by atoms with van der Waals surface area (Å²) in [5, 5.41) is 0.133. The molecule has 14 heavy (non-hydrogen) atoms. The summed E-state index contributed by atoms with van der Waals surface area (Å²) >= 11 is 1.20. The van der Waals surface area contributed by atoms with Crippen molar-refractivity contribution >= 4 is 16.9 Å². The molecule has 0 spiro atoms. The SMILES string of the molecule is C#CCSC(=O)[C@@H](C)c1ccccc1. The van der Waals surface area contributed by atoms with Crippen molar-refractivity contribution in [3.8, 4) is 12.3 Å². The standard InChI is InChI=1S/C12H12OS/c1-3-9-14-12(13)10(2)11-7-5-4-6-8-11/h1,4-8,10H,9H2,2H3/t10-/m0/s1. The Balaban J connectivity index is 2.62. The van der Waals surface area contributed by atoms with E-state index in [0.29, 0.717) is 5.75 Å². The lowest BCUT2D eigenvalue weighted by Gasteiger charge is -2.08. The normalized spacial score (nSPS) is 11.7. The molecule has 0 bridgehead atoms. The summed E-state index contributed by atoms with van der Waals surface area (Å²) < 4.78 is 0. The molecule has 1 rings (SSSR count). The molecule has 0 saturated carbocycles. The van der Waals surface area contributed by atoms with E-state index < -0.39 is 0 Å². The monoisotopic (exact) mass is 204 g/mol. The summed E-state index contributed by atoms with van der Waals surface area (Å²) in [4.78, 5) is 11.6. The smallest absolute Gasteiger partial charge is 0.197 e. The van der Waals surface area contributed by atoms with Crippen LogP contribution in [0, 0.1) is 12.3 Å². The van der Waals surface area contributed by atoms with Crippen molar-refractivity contribution in [2.75, 3.05) is 5.75 Å². The molecule has 2 heteroatoms. The molecule has 0 aliphatic heterocycles. The molecule has 0 N–H and O–H groups in total. The third kappa shape index (κ3) is 2.93. The van der Waals surface area contributed by atoms with E-state index >= 15 is 0 Å². The Kier molecular flexibility index (Phi) is 4.28. The lowest BCUT2D eigenvalue weighted by molar-refractivity contribution is -0.111. The molecule has 1 aromatic rings. The zero-order valence-electron chi connectivity index (χ0n) is 8.07. The fourth-order valence-electron chi connectivity index (χ4n) is 1.12. The molecule has 0 fully saturated rings. The summed E-state index contributed by atoms with van der Waals surface area (Å²) in [6.45, 7) is 1.90. The van der Waals surface area contributed by atoms with Crippen molar-refractivity contribution < 1.29 is 4.79 Å². The van der Waals surface area contributed by atoms with Crippen LogP contribution in [0.25, 0.3) is 0 Å². The van der Waals surface area contributed by atoms with Gasteiger partial charge in [-0.05, 0) is 5.56 Å². The molecule has 0 unspecified atom stereocenters. The number of hydrogen-bond acceptors (Lipinski definition) is 2. The van der Waals surface area contributed by atoms with Gasteiger partial charge in [0, 0.05) is 0 Å². The van der Waals surface area contributed by atoms with E-state index in [2.05, 4.69) is 5.92 Å². The van der Waals surface area contributed by atoms with Gasteiger partial charge in [0.25, 0.3) is 0 Å². The maximum atomic E-state index is 11.6. The predicted octanol–water partition coefficient (Wildman–Crippen LogP) is 2.68. The van der Waals surface area contributed by atoms with E-state index in [4.69, 9.17) is 6.42 Å². The summed E-state index contributed by atoms with van der Waals surface area (Å²) in [6.07, 6.45) is 5.09. The van der Waals surface area contributed by atoms with Crippen LogP contribution in [-0.4, -0.2) is 10.9 Å². The van der Waals surface area contributed by atoms with Gasteiger partial charge in [-0.25, -0.2) is 0 Å². The van der Waals surface area contributed by atoms with Gasteiger partial charge in [0.2, 0.25) is 0 Å². The molecular weight excluding hydrogens is 192 g/mol. The maximum Gasteiger partial charge on any atom is 0.197 e. The van der Waals surface area contributed by atoms with E-state index in [-0.39, 0.29) is 11.0 Å². The quantitative estimate of drug-likeness (QED) is 0.704. The highest BCUT2D eigenvalue weighted by molar-refractivity contribution is 8.13. The fourth-order valence-corrected chi connectivity index (χ4v) is 1.73. The van der Waals surface area contributed by atoms with E-state index in [0.717, 1.165) is 5.56 Å². The molecular formula is C12H12OS. The first-order chi connectivity index (χ1) is 6.75. The molecule has 1 atom stereocenters. The van der Waals surface area contributed by atoms with Crippen LogP contribution >= 0.6 is 11.8 Å². The van der Waals surface area contributed by atoms with Gasteiger partial charge in [-0.3, -0.25) is 4.79 Å². The Morgan fingerprint density at radius 3 is 2.71 bits per heavy atom. The lowest BCUT2D eigenvalue weighted by atomic mass is 10.0. The molecule has 0 amide bonds. The highest BCUT2D eigenvalue weighted by Gasteiger charge is 2.14. The molecule has 72 valence electrons. The minimum absolute atomic E-state index is 0.0745. The first kappa shape index (κ1) is 10.9. The lowest BCUT2D eigenvalue weighted by Crippen LogP contribution is -2.05. The van der Waals surface area contributed by atoms with Crippen molar-refractivity contribution in [1.29, 1.82) is 0 Å². The van der Waals surface area contributed by atoms with Gasteiger partial charge in [0.05, 0.1) is 11.7 Å². The number of rotatable bonds is 3. The van der Waals surface area contributed by atoms with Gasteiger partial charge in [0.1, 0.15) is 0 Å². The number of hydrogen-bond donors (Lipinski definition) is 0. The largest absolute Gasteiger partial charge is 0.287 e. The Labute approximate surface area is 88.9 Å². The molecule has 0 aliphatic rings. The summed E-state index contributed by atoms with van der Waals surface area (Å²) in [7, 11) is 0. The van der Waals surface area contributed by atoms with Gasteiger partial charge in [-0.1, -0.05) is 54.9 Å². The fraction of sp³-hybridized carbons (Fsp3) is 0.250. The Bertz CT molecular complexity index is 337. The van der Waals surface area contributed by atoms with E-state index in [1.54, 1.807) is 0 Å². The minimum atomic E-state index is -0.0745. The molecule has 0 radical (unpaired) electrons. The zero-order valence-corrected chi connectivity index (χ0v) is 8.88. The van der Waals surface area contributed by atoms with Crippen molar-refractivity contribution in [3.63, 3.8) is 0 Å². The molecule has 0 saturated heterocycles. The summed E-state index contributed by atoms with van der Waals surface area (Å²) in [5.41, 5.74) is 1.04. The third-order valence-electron chi connectivity index (χ3n) is 1.95. The molecule has 0 aromatic heterocycles. The summed E-state index contributed by atoms with van der Waals surface area (Å²) in [6, 6.07) is 9.73. The average molecular weight is 204 g/mol. The highest BCUT2D eigenvalue weighted by Crippen LogP contribution is 2.21. The second-order valence-corrected chi connectivity index (χ2v) is 3.92. The number of benzene rings is 1. The predicted molar refractivity (Wildman–Crippen MR) is 61.2 cm³/mol. The van der Waals surface area contributed by atoms with Gasteiger partial charge in [-0.15, -0.1) is 6.42 Å². The van der Waals surface area contributed by atoms with Crippen molar-refractivity contribution in [1.82, 2.24) is 0 Å². The second kappa shape index (κ2) is 5.51. The number of carbonyl (C=O) groups excluding carboxylic acids is 1. The zero-order chi connectivity index (χ0) is 10.4. The van der Waals surface area contributed by atoms with E-state index in [9.17, 15) is 4.79 Å². The van der Waals surface area contributed by atoms with Crippen LogP contribution in [-0.2, 0) is 4.79 Å². The maximum absolute atomic E-state index is 11.6. The number of carbonyl (C=O) groups is 1. The summed E-state index contributed by atoms with van der Waals surface area (Å²) in [5.74, 6) is 2.83. The molecule has 0 heterocycles. The van der Waals surface area contributed by atoms with Crippen LogP contribution in [0.2, 0.25) is 0 Å². The van der Waals surface area contributed by atoms with E-state index in [1.165, 1.54) is 11.8 Å². The van der Waals surface area contributed by atoms with Crippen LogP contribution in [0.1, 0.15) is 18.4 Å². The average Bonchev–Trinajstić information content (AvgIpc) is 2.26. The minimum Gasteiger partial charge on any atom is -0.287 e. The van der Waals surface area contributed by atoms with Gasteiger partial charge in [0.15, 0.2) is 5.12 Å². The van der Waals surface area contributed by atoms with Gasteiger partial charge in [-0.2, -0.15) is 0 Å². The molecule has 1 nitrogen and oxygen atoms in total. The first-order valence-electron chi connectivity index (χ1n) is 4.40. The Morgan fingerprint density at radius 2 is 2.14 bits per heavy atom. The van der Waals surface area contributed by atoms with Gasteiger partial charge < -0.3 is 0 Å². The Morgan fingerprint density at radius 1 is 1.50 bits per heavy atom. The van der Waals surface area contributed by atoms with Crippen molar-refractivity contribution in [2.45, 2.75) is 12.8 Å². The van der Waals surface area contributed by atoms with Crippen LogP contribution < -0.4 is 0 Å². The third-order valence-corrected chi connectivity index (χ3v) is 2.90. The van der Waals surface area contributed by atoms with E-state index in [1.807, 2.05) is 37.3 Å². The van der Waals surface area contributed by atoms with Crippen LogP contribution in [0.3, 0.4) is 0 Å². The van der Waals surface area contributed by atoms with Crippen LogP contribution in [0.15, 0.2) is 30.3 Å².